The van der Waals surface area contributed by atoms with E-state index in [0.29, 0.717) is 36.4 Å². The van der Waals surface area contributed by atoms with Crippen molar-refractivity contribution in [2.24, 2.45) is 0 Å². The van der Waals surface area contributed by atoms with E-state index in [4.69, 9.17) is 18.6 Å². The van der Waals surface area contributed by atoms with Crippen LogP contribution >= 0.6 is 0 Å². The first-order valence-corrected chi connectivity index (χ1v) is 8.12. The van der Waals surface area contributed by atoms with Crippen molar-refractivity contribution < 1.29 is 18.6 Å². The molecule has 3 aromatic rings. The fraction of sp³-hybridized carbons (Fsp3) is 0.263. The minimum atomic E-state index is 0.437. The number of nitrogens with zero attached hydrogens (tertiary/aromatic N) is 2. The van der Waals surface area contributed by atoms with E-state index in [1.54, 1.807) is 33.5 Å². The zero-order valence-electron chi connectivity index (χ0n) is 15.0. The third-order valence-corrected chi connectivity index (χ3v) is 3.86. The number of nitrogens with one attached hydrogen (secondary N) is 1. The average molecular weight is 355 g/mol. The summed E-state index contributed by atoms with van der Waals surface area (Å²) in [5, 5.41) is 11.5. The number of rotatable bonds is 8. The molecule has 0 bridgehead atoms. The molecular weight excluding hydrogens is 334 g/mol. The number of aromatic nitrogens is 2. The third kappa shape index (κ3) is 4.12. The lowest BCUT2D eigenvalue weighted by Gasteiger charge is -2.07. The summed E-state index contributed by atoms with van der Waals surface area (Å²) in [6, 6.07) is 13.3. The van der Waals surface area contributed by atoms with Gasteiger partial charge >= 0.3 is 0 Å². The Hall–Kier alpha value is -3.06. The van der Waals surface area contributed by atoms with Gasteiger partial charge in [0.1, 0.15) is 5.75 Å². The molecule has 136 valence electrons. The maximum atomic E-state index is 5.72. The van der Waals surface area contributed by atoms with E-state index in [2.05, 4.69) is 15.5 Å². The van der Waals surface area contributed by atoms with Crippen molar-refractivity contribution in [3.63, 3.8) is 0 Å². The van der Waals surface area contributed by atoms with Crippen molar-refractivity contribution in [2.45, 2.75) is 13.1 Å². The number of benzene rings is 2. The highest BCUT2D eigenvalue weighted by atomic mass is 16.5. The highest BCUT2D eigenvalue weighted by molar-refractivity contribution is 5.59. The molecule has 0 saturated carbocycles. The maximum absolute atomic E-state index is 5.72. The summed E-state index contributed by atoms with van der Waals surface area (Å²) < 4.78 is 21.4. The number of methoxy groups -OCH3 is 3. The molecule has 1 heterocycles. The highest BCUT2D eigenvalue weighted by Crippen LogP contribution is 2.31. The van der Waals surface area contributed by atoms with Crippen LogP contribution in [0.4, 0.5) is 0 Å². The minimum Gasteiger partial charge on any atom is -0.497 e. The average Bonchev–Trinajstić information content (AvgIpc) is 3.17. The second-order valence-corrected chi connectivity index (χ2v) is 5.52. The van der Waals surface area contributed by atoms with E-state index in [1.165, 1.54) is 0 Å². The van der Waals surface area contributed by atoms with Gasteiger partial charge < -0.3 is 23.9 Å². The van der Waals surface area contributed by atoms with Gasteiger partial charge in [-0.2, -0.15) is 0 Å². The molecule has 0 unspecified atom stereocenters. The molecule has 7 nitrogen and oxygen atoms in total. The first-order valence-electron chi connectivity index (χ1n) is 8.12. The van der Waals surface area contributed by atoms with Gasteiger partial charge in [-0.3, -0.25) is 0 Å². The van der Waals surface area contributed by atoms with Crippen LogP contribution in [0.2, 0.25) is 0 Å². The number of ether oxygens (including phenoxy) is 3. The maximum Gasteiger partial charge on any atom is 0.247 e. The van der Waals surface area contributed by atoms with Gasteiger partial charge in [0, 0.05) is 12.1 Å². The van der Waals surface area contributed by atoms with Crippen molar-refractivity contribution in [1.29, 1.82) is 0 Å². The SMILES string of the molecule is COc1ccc(CNCc2nnc(-c3ccc(OC)c(OC)c3)o2)cc1. The zero-order chi connectivity index (χ0) is 18.4. The van der Waals surface area contributed by atoms with Crippen LogP contribution in [0.5, 0.6) is 17.2 Å². The molecule has 0 amide bonds. The monoisotopic (exact) mass is 355 g/mol. The lowest BCUT2D eigenvalue weighted by molar-refractivity contribution is 0.355. The predicted molar refractivity (Wildman–Crippen MR) is 96.4 cm³/mol. The van der Waals surface area contributed by atoms with Gasteiger partial charge in [0.05, 0.1) is 27.9 Å². The van der Waals surface area contributed by atoms with E-state index in [9.17, 15) is 0 Å². The molecule has 2 aromatic carbocycles. The van der Waals surface area contributed by atoms with E-state index < -0.39 is 0 Å². The van der Waals surface area contributed by atoms with Crippen molar-refractivity contribution in [3.8, 4) is 28.7 Å². The van der Waals surface area contributed by atoms with Gasteiger partial charge in [0.15, 0.2) is 11.5 Å². The van der Waals surface area contributed by atoms with Crippen molar-refractivity contribution in [2.75, 3.05) is 21.3 Å². The molecule has 0 aliphatic carbocycles. The second kappa shape index (κ2) is 8.35. The molecule has 7 heteroatoms. The van der Waals surface area contributed by atoms with Crippen LogP contribution in [0, 0.1) is 0 Å². The molecule has 0 radical (unpaired) electrons. The fourth-order valence-electron chi connectivity index (χ4n) is 2.47. The van der Waals surface area contributed by atoms with E-state index >= 15 is 0 Å². The van der Waals surface area contributed by atoms with Gasteiger partial charge in [-0.05, 0) is 35.9 Å². The van der Waals surface area contributed by atoms with Crippen LogP contribution in [-0.4, -0.2) is 31.5 Å². The zero-order valence-corrected chi connectivity index (χ0v) is 15.0. The van der Waals surface area contributed by atoms with Gasteiger partial charge in [0.25, 0.3) is 0 Å². The summed E-state index contributed by atoms with van der Waals surface area (Å²) in [5.41, 5.74) is 1.92. The molecule has 1 aromatic heterocycles. The van der Waals surface area contributed by atoms with Crippen LogP contribution in [0.15, 0.2) is 46.9 Å². The van der Waals surface area contributed by atoms with Crippen molar-refractivity contribution >= 4 is 0 Å². The molecule has 0 aliphatic rings. The highest BCUT2D eigenvalue weighted by Gasteiger charge is 2.12. The summed E-state index contributed by atoms with van der Waals surface area (Å²) in [7, 11) is 4.83. The third-order valence-electron chi connectivity index (χ3n) is 3.86. The Labute approximate surface area is 151 Å². The Morgan fingerprint density at radius 1 is 0.846 bits per heavy atom. The Balaban J connectivity index is 1.60. The lowest BCUT2D eigenvalue weighted by atomic mass is 10.2. The van der Waals surface area contributed by atoms with Crippen molar-refractivity contribution in [3.05, 3.63) is 53.9 Å². The molecule has 3 rings (SSSR count). The normalized spacial score (nSPS) is 10.6. The van der Waals surface area contributed by atoms with Crippen LogP contribution in [-0.2, 0) is 13.1 Å². The molecule has 0 fully saturated rings. The smallest absolute Gasteiger partial charge is 0.247 e. The first-order chi connectivity index (χ1) is 12.7. The van der Waals surface area contributed by atoms with Gasteiger partial charge in [-0.1, -0.05) is 12.1 Å². The number of hydrogen-bond donors (Lipinski definition) is 1. The largest absolute Gasteiger partial charge is 0.497 e. The molecule has 0 spiro atoms. The van der Waals surface area contributed by atoms with Gasteiger partial charge in [-0.25, -0.2) is 0 Å². The molecular formula is C19H21N3O4. The Morgan fingerprint density at radius 3 is 2.31 bits per heavy atom. The summed E-state index contributed by atoms with van der Waals surface area (Å²) in [5.74, 6) is 3.06. The summed E-state index contributed by atoms with van der Waals surface area (Å²) in [6.45, 7) is 1.17. The van der Waals surface area contributed by atoms with E-state index in [-0.39, 0.29) is 0 Å². The van der Waals surface area contributed by atoms with Crippen LogP contribution in [0.3, 0.4) is 0 Å². The summed E-state index contributed by atoms with van der Waals surface area (Å²) in [4.78, 5) is 0. The molecule has 0 aliphatic heterocycles. The molecule has 0 saturated heterocycles. The summed E-state index contributed by atoms with van der Waals surface area (Å²) >= 11 is 0. The molecule has 1 N–H and O–H groups in total. The summed E-state index contributed by atoms with van der Waals surface area (Å²) in [6.07, 6.45) is 0. The van der Waals surface area contributed by atoms with Gasteiger partial charge in [0.2, 0.25) is 11.8 Å². The lowest BCUT2D eigenvalue weighted by Crippen LogP contribution is -2.12. The first kappa shape index (κ1) is 17.8. The van der Waals surface area contributed by atoms with Crippen LogP contribution in [0.1, 0.15) is 11.5 Å². The molecule has 0 atom stereocenters. The predicted octanol–water partition coefficient (Wildman–Crippen LogP) is 3.05. The second-order valence-electron chi connectivity index (χ2n) is 5.52. The standard InChI is InChI=1S/C19H21N3O4/c1-23-15-7-4-13(5-8-15)11-20-12-18-21-22-19(26-18)14-6-9-16(24-2)17(10-14)25-3/h4-10,20H,11-12H2,1-3H3. The van der Waals surface area contributed by atoms with E-state index in [1.807, 2.05) is 30.3 Å². The molecule has 26 heavy (non-hydrogen) atoms. The topological polar surface area (TPSA) is 78.6 Å². The Bertz CT molecular complexity index is 846. The van der Waals surface area contributed by atoms with Gasteiger partial charge in [-0.15, -0.1) is 10.2 Å². The fourth-order valence-corrected chi connectivity index (χ4v) is 2.47. The van der Waals surface area contributed by atoms with Crippen LogP contribution < -0.4 is 19.5 Å². The van der Waals surface area contributed by atoms with E-state index in [0.717, 1.165) is 16.9 Å². The Kier molecular flexibility index (Phi) is 5.70. The minimum absolute atomic E-state index is 0.437. The quantitative estimate of drug-likeness (QED) is 0.665. The number of hydrogen-bond acceptors (Lipinski definition) is 7. The van der Waals surface area contributed by atoms with Crippen molar-refractivity contribution in [1.82, 2.24) is 15.5 Å². The Morgan fingerprint density at radius 2 is 1.62 bits per heavy atom. The van der Waals surface area contributed by atoms with Crippen LogP contribution in [0.25, 0.3) is 11.5 Å².